The molecule has 3 heteroatoms. The van der Waals surface area contributed by atoms with E-state index in [9.17, 15) is 0 Å². The van der Waals surface area contributed by atoms with Crippen molar-refractivity contribution in [3.8, 4) is 0 Å². The van der Waals surface area contributed by atoms with Crippen LogP contribution in [0.2, 0.25) is 0 Å². The van der Waals surface area contributed by atoms with E-state index in [2.05, 4.69) is 19.2 Å². The Labute approximate surface area is 123 Å². The first kappa shape index (κ1) is 14.8. The van der Waals surface area contributed by atoms with Gasteiger partial charge in [0.2, 0.25) is 0 Å². The van der Waals surface area contributed by atoms with E-state index < -0.39 is 0 Å². The first-order valence-electron chi connectivity index (χ1n) is 8.61. The second kappa shape index (κ2) is 5.94. The minimum atomic E-state index is 0.275. The quantitative estimate of drug-likeness (QED) is 0.839. The molecule has 2 heterocycles. The van der Waals surface area contributed by atoms with Gasteiger partial charge in [0.15, 0.2) is 0 Å². The lowest BCUT2D eigenvalue weighted by Crippen LogP contribution is -2.40. The number of hydrogen-bond donors (Lipinski definition) is 1. The second-order valence-electron chi connectivity index (χ2n) is 7.71. The Balaban J connectivity index is 1.57. The van der Waals surface area contributed by atoms with Crippen molar-refractivity contribution in [2.24, 2.45) is 5.41 Å². The van der Waals surface area contributed by atoms with Crippen molar-refractivity contribution in [1.29, 1.82) is 0 Å². The summed E-state index contributed by atoms with van der Waals surface area (Å²) in [4.78, 5) is 0. The molecule has 3 aliphatic rings. The van der Waals surface area contributed by atoms with Gasteiger partial charge in [-0.3, -0.25) is 0 Å². The molecular formula is C17H31NO2. The number of rotatable bonds is 5. The van der Waals surface area contributed by atoms with E-state index in [1.807, 2.05) is 0 Å². The van der Waals surface area contributed by atoms with Crippen LogP contribution in [0, 0.1) is 5.41 Å². The average Bonchev–Trinajstić information content (AvgIpc) is 3.12. The fourth-order valence-corrected chi connectivity index (χ4v) is 4.35. The van der Waals surface area contributed by atoms with Crippen LogP contribution in [0.5, 0.6) is 0 Å². The maximum atomic E-state index is 6.52. The molecular weight excluding hydrogens is 250 g/mol. The van der Waals surface area contributed by atoms with Crippen molar-refractivity contribution in [1.82, 2.24) is 5.32 Å². The van der Waals surface area contributed by atoms with Crippen LogP contribution in [-0.4, -0.2) is 37.5 Å². The molecule has 0 bridgehead atoms. The number of ether oxygens (including phenoxy) is 2. The third kappa shape index (κ3) is 3.20. The molecule has 0 aromatic heterocycles. The minimum Gasteiger partial charge on any atom is -0.381 e. The molecule has 2 aliphatic heterocycles. The fourth-order valence-electron chi connectivity index (χ4n) is 4.35. The monoisotopic (exact) mass is 281 g/mol. The Morgan fingerprint density at radius 2 is 1.95 bits per heavy atom. The zero-order chi connectivity index (χ0) is 14.1. The summed E-state index contributed by atoms with van der Waals surface area (Å²) in [6.07, 6.45) is 10.8. The van der Waals surface area contributed by atoms with Crippen LogP contribution in [0.1, 0.15) is 65.2 Å². The van der Waals surface area contributed by atoms with Crippen molar-refractivity contribution in [2.75, 3.05) is 19.8 Å². The van der Waals surface area contributed by atoms with Gasteiger partial charge in [0.25, 0.3) is 0 Å². The van der Waals surface area contributed by atoms with Gasteiger partial charge in [-0.2, -0.15) is 0 Å². The Morgan fingerprint density at radius 3 is 2.60 bits per heavy atom. The van der Waals surface area contributed by atoms with Gasteiger partial charge in [-0.15, -0.1) is 0 Å². The molecule has 3 rings (SSSR count). The van der Waals surface area contributed by atoms with Crippen LogP contribution in [0.3, 0.4) is 0 Å². The highest BCUT2D eigenvalue weighted by Crippen LogP contribution is 2.46. The van der Waals surface area contributed by atoms with Crippen molar-refractivity contribution in [2.45, 2.75) is 83.0 Å². The maximum Gasteiger partial charge on any atom is 0.0687 e. The maximum absolute atomic E-state index is 6.52. The summed E-state index contributed by atoms with van der Waals surface area (Å²) in [6.45, 7) is 7.38. The van der Waals surface area contributed by atoms with Crippen molar-refractivity contribution >= 4 is 0 Å². The van der Waals surface area contributed by atoms with Crippen molar-refractivity contribution in [3.63, 3.8) is 0 Å². The molecule has 2 saturated heterocycles. The van der Waals surface area contributed by atoms with Crippen LogP contribution in [0.25, 0.3) is 0 Å². The minimum absolute atomic E-state index is 0.275. The molecule has 3 fully saturated rings. The van der Waals surface area contributed by atoms with Gasteiger partial charge in [-0.05, 0) is 38.5 Å². The fraction of sp³-hybridized carbons (Fsp3) is 1.00. The van der Waals surface area contributed by atoms with Crippen LogP contribution < -0.4 is 5.32 Å². The van der Waals surface area contributed by atoms with Gasteiger partial charge >= 0.3 is 0 Å². The first-order valence-corrected chi connectivity index (χ1v) is 8.61. The lowest BCUT2D eigenvalue weighted by molar-refractivity contribution is -0.0543. The molecule has 1 saturated carbocycles. The van der Waals surface area contributed by atoms with E-state index in [-0.39, 0.29) is 5.60 Å². The largest absolute Gasteiger partial charge is 0.381 e. The average molecular weight is 281 g/mol. The van der Waals surface area contributed by atoms with Gasteiger partial charge in [-0.25, -0.2) is 0 Å². The highest BCUT2D eigenvalue weighted by Gasteiger charge is 2.45. The van der Waals surface area contributed by atoms with Crippen molar-refractivity contribution in [3.05, 3.63) is 0 Å². The lowest BCUT2D eigenvalue weighted by atomic mass is 9.80. The molecule has 1 aliphatic carbocycles. The second-order valence-corrected chi connectivity index (χ2v) is 7.71. The Morgan fingerprint density at radius 1 is 1.15 bits per heavy atom. The predicted molar refractivity (Wildman–Crippen MR) is 80.9 cm³/mol. The van der Waals surface area contributed by atoms with Gasteiger partial charge in [-0.1, -0.05) is 26.7 Å². The summed E-state index contributed by atoms with van der Waals surface area (Å²) < 4.78 is 12.2. The van der Waals surface area contributed by atoms with Gasteiger partial charge in [0.05, 0.1) is 18.3 Å². The smallest absolute Gasteiger partial charge is 0.0687 e. The Kier molecular flexibility index (Phi) is 4.40. The normalized spacial score (nSPS) is 36.5. The molecule has 0 amide bonds. The molecule has 20 heavy (non-hydrogen) atoms. The number of nitrogens with one attached hydrogen (secondary N) is 1. The summed E-state index contributed by atoms with van der Waals surface area (Å²) in [5, 5.41) is 3.63. The van der Waals surface area contributed by atoms with Crippen LogP contribution in [0.4, 0.5) is 0 Å². The first-order chi connectivity index (χ1) is 9.62. The molecule has 116 valence electrons. The summed E-state index contributed by atoms with van der Waals surface area (Å²) in [7, 11) is 0. The summed E-state index contributed by atoms with van der Waals surface area (Å²) in [6, 6.07) is 0.554. The van der Waals surface area contributed by atoms with E-state index in [0.717, 1.165) is 19.8 Å². The Hall–Kier alpha value is -0.120. The van der Waals surface area contributed by atoms with Crippen molar-refractivity contribution < 1.29 is 9.47 Å². The topological polar surface area (TPSA) is 30.5 Å². The molecule has 2 atom stereocenters. The summed E-state index contributed by atoms with van der Waals surface area (Å²) in [5.41, 5.74) is 0.593. The SMILES string of the molecule is CC(C)NCC1(CC2CCC3(CCCC3)O2)CCOC1. The molecule has 1 N–H and O–H groups in total. The molecule has 3 nitrogen and oxygen atoms in total. The number of hydrogen-bond acceptors (Lipinski definition) is 3. The highest BCUT2D eigenvalue weighted by atomic mass is 16.5. The van der Waals surface area contributed by atoms with Gasteiger partial charge in [0, 0.05) is 24.6 Å². The van der Waals surface area contributed by atoms with E-state index in [1.54, 1.807) is 0 Å². The molecule has 1 spiro atoms. The predicted octanol–water partition coefficient (Wildman–Crippen LogP) is 3.27. The van der Waals surface area contributed by atoms with Gasteiger partial charge < -0.3 is 14.8 Å². The van der Waals surface area contributed by atoms with E-state index >= 15 is 0 Å². The van der Waals surface area contributed by atoms with E-state index in [4.69, 9.17) is 9.47 Å². The Bertz CT molecular complexity index is 317. The zero-order valence-corrected chi connectivity index (χ0v) is 13.2. The third-order valence-corrected chi connectivity index (χ3v) is 5.58. The lowest BCUT2D eigenvalue weighted by Gasteiger charge is -2.32. The third-order valence-electron chi connectivity index (χ3n) is 5.58. The highest BCUT2D eigenvalue weighted by molar-refractivity contribution is 4.96. The molecule has 2 unspecified atom stereocenters. The van der Waals surface area contributed by atoms with Crippen LogP contribution >= 0.6 is 0 Å². The molecule has 0 aromatic carbocycles. The van der Waals surface area contributed by atoms with Gasteiger partial charge in [0.1, 0.15) is 0 Å². The molecule has 0 radical (unpaired) electrons. The molecule has 0 aromatic rings. The summed E-state index contributed by atoms with van der Waals surface area (Å²) in [5.74, 6) is 0. The summed E-state index contributed by atoms with van der Waals surface area (Å²) >= 11 is 0. The van der Waals surface area contributed by atoms with E-state index in [0.29, 0.717) is 17.6 Å². The zero-order valence-electron chi connectivity index (χ0n) is 13.2. The van der Waals surface area contributed by atoms with Crippen LogP contribution in [-0.2, 0) is 9.47 Å². The van der Waals surface area contributed by atoms with Crippen LogP contribution in [0.15, 0.2) is 0 Å². The standard InChI is InChI=1S/C17H31NO2/c1-14(2)18-12-16(9-10-19-13-16)11-15-5-8-17(20-15)6-3-4-7-17/h14-15,18H,3-13H2,1-2H3. The van der Waals surface area contributed by atoms with E-state index in [1.165, 1.54) is 51.4 Å².